The van der Waals surface area contributed by atoms with Crippen LogP contribution in [0.25, 0.3) is 0 Å². The number of hydrogen-bond donors (Lipinski definition) is 0. The Hall–Kier alpha value is -1.61. The van der Waals surface area contributed by atoms with Crippen molar-refractivity contribution in [1.82, 2.24) is 0 Å². The van der Waals surface area contributed by atoms with Crippen molar-refractivity contribution in [2.75, 3.05) is 7.11 Å². The Morgan fingerprint density at radius 1 is 1.25 bits per heavy atom. The van der Waals surface area contributed by atoms with Crippen LogP contribution in [-0.4, -0.2) is 12.9 Å². The van der Waals surface area contributed by atoms with Gasteiger partial charge in [-0.25, -0.2) is 0 Å². The van der Waals surface area contributed by atoms with Crippen LogP contribution < -0.4 is 4.74 Å². The Balaban J connectivity index is 2.15. The van der Waals surface area contributed by atoms with E-state index in [0.717, 1.165) is 5.56 Å². The standard InChI is InChI=1S/C13H12O2S/c1-15-12-7-8-16-13(12)11(14)9-10-5-3-2-4-6-10/h2-8H,9H2,1H3. The number of ether oxygens (including phenoxy) is 1. The van der Waals surface area contributed by atoms with Gasteiger partial charge in [0, 0.05) is 6.42 Å². The lowest BCUT2D eigenvalue weighted by Crippen LogP contribution is -2.02. The third kappa shape index (κ3) is 2.31. The fraction of sp³-hybridized carbons (Fsp3) is 0.154. The summed E-state index contributed by atoms with van der Waals surface area (Å²) < 4.78 is 5.13. The first-order valence-electron chi connectivity index (χ1n) is 5.00. The number of ketones is 1. The number of thiophene rings is 1. The lowest BCUT2D eigenvalue weighted by atomic mass is 10.1. The Kier molecular flexibility index (Phi) is 3.37. The maximum Gasteiger partial charge on any atom is 0.180 e. The Morgan fingerprint density at radius 3 is 2.69 bits per heavy atom. The van der Waals surface area contributed by atoms with Gasteiger partial charge in [-0.3, -0.25) is 4.79 Å². The second-order valence-electron chi connectivity index (χ2n) is 3.40. The summed E-state index contributed by atoms with van der Waals surface area (Å²) in [6, 6.07) is 11.6. The lowest BCUT2D eigenvalue weighted by Gasteiger charge is -2.02. The minimum Gasteiger partial charge on any atom is -0.495 e. The van der Waals surface area contributed by atoms with Crippen molar-refractivity contribution in [3.63, 3.8) is 0 Å². The van der Waals surface area contributed by atoms with Crippen LogP contribution in [0, 0.1) is 0 Å². The highest BCUT2D eigenvalue weighted by atomic mass is 32.1. The summed E-state index contributed by atoms with van der Waals surface area (Å²) in [6.45, 7) is 0. The first-order chi connectivity index (χ1) is 7.81. The van der Waals surface area contributed by atoms with E-state index in [2.05, 4.69) is 0 Å². The van der Waals surface area contributed by atoms with Crippen molar-refractivity contribution in [1.29, 1.82) is 0 Å². The zero-order valence-electron chi connectivity index (χ0n) is 8.97. The Labute approximate surface area is 98.5 Å². The molecule has 0 radical (unpaired) electrons. The maximum atomic E-state index is 12.0. The molecule has 0 saturated carbocycles. The molecule has 0 aliphatic carbocycles. The molecule has 1 aromatic carbocycles. The zero-order chi connectivity index (χ0) is 11.4. The van der Waals surface area contributed by atoms with Gasteiger partial charge in [0.05, 0.1) is 7.11 Å². The Morgan fingerprint density at radius 2 is 2.00 bits per heavy atom. The highest BCUT2D eigenvalue weighted by Crippen LogP contribution is 2.25. The van der Waals surface area contributed by atoms with Crippen LogP contribution in [0.2, 0.25) is 0 Å². The van der Waals surface area contributed by atoms with E-state index in [4.69, 9.17) is 4.74 Å². The van der Waals surface area contributed by atoms with E-state index in [9.17, 15) is 4.79 Å². The minimum atomic E-state index is 0.109. The molecule has 3 heteroatoms. The second kappa shape index (κ2) is 4.94. The minimum absolute atomic E-state index is 0.109. The molecular formula is C13H12O2S. The molecule has 0 bridgehead atoms. The summed E-state index contributed by atoms with van der Waals surface area (Å²) in [7, 11) is 1.58. The van der Waals surface area contributed by atoms with Gasteiger partial charge in [0.1, 0.15) is 10.6 Å². The monoisotopic (exact) mass is 232 g/mol. The van der Waals surface area contributed by atoms with Gasteiger partial charge in [0.2, 0.25) is 0 Å². The van der Waals surface area contributed by atoms with Gasteiger partial charge in [0.25, 0.3) is 0 Å². The van der Waals surface area contributed by atoms with E-state index >= 15 is 0 Å². The summed E-state index contributed by atoms with van der Waals surface area (Å²) in [5.74, 6) is 0.781. The molecule has 2 rings (SSSR count). The first-order valence-corrected chi connectivity index (χ1v) is 5.88. The summed E-state index contributed by atoms with van der Waals surface area (Å²) in [5.41, 5.74) is 1.03. The van der Waals surface area contributed by atoms with Gasteiger partial charge in [-0.1, -0.05) is 30.3 Å². The van der Waals surface area contributed by atoms with Crippen LogP contribution in [-0.2, 0) is 6.42 Å². The number of hydrogen-bond acceptors (Lipinski definition) is 3. The van der Waals surface area contributed by atoms with Crippen LogP contribution in [0.5, 0.6) is 5.75 Å². The third-order valence-electron chi connectivity index (χ3n) is 2.31. The van der Waals surface area contributed by atoms with Crippen molar-refractivity contribution >= 4 is 17.1 Å². The van der Waals surface area contributed by atoms with Crippen LogP contribution in [0.15, 0.2) is 41.8 Å². The molecular weight excluding hydrogens is 220 g/mol. The van der Waals surface area contributed by atoms with Crippen LogP contribution >= 0.6 is 11.3 Å². The van der Waals surface area contributed by atoms with E-state index < -0.39 is 0 Å². The topological polar surface area (TPSA) is 26.3 Å². The van der Waals surface area contributed by atoms with Gasteiger partial charge in [-0.2, -0.15) is 0 Å². The van der Waals surface area contributed by atoms with E-state index in [0.29, 0.717) is 17.0 Å². The van der Waals surface area contributed by atoms with E-state index in [1.54, 1.807) is 7.11 Å². The molecule has 0 amide bonds. The summed E-state index contributed by atoms with van der Waals surface area (Å²) >= 11 is 1.43. The van der Waals surface area contributed by atoms with Crippen molar-refractivity contribution < 1.29 is 9.53 Å². The largest absolute Gasteiger partial charge is 0.495 e. The zero-order valence-corrected chi connectivity index (χ0v) is 9.79. The Bertz CT molecular complexity index is 474. The summed E-state index contributed by atoms with van der Waals surface area (Å²) in [6.07, 6.45) is 0.428. The van der Waals surface area contributed by atoms with E-state index in [-0.39, 0.29) is 5.78 Å². The first kappa shape index (κ1) is 10.9. The summed E-state index contributed by atoms with van der Waals surface area (Å²) in [5, 5.41) is 1.87. The fourth-order valence-corrected chi connectivity index (χ4v) is 2.32. The maximum absolute atomic E-state index is 12.0. The molecule has 1 heterocycles. The molecule has 2 aromatic rings. The molecule has 2 nitrogen and oxygen atoms in total. The number of benzene rings is 1. The normalized spacial score (nSPS) is 10.1. The lowest BCUT2D eigenvalue weighted by molar-refractivity contribution is 0.0994. The van der Waals surface area contributed by atoms with Crippen LogP contribution in [0.3, 0.4) is 0 Å². The quantitative estimate of drug-likeness (QED) is 0.757. The van der Waals surface area contributed by atoms with E-state index in [1.165, 1.54) is 11.3 Å². The average Bonchev–Trinajstić information content (AvgIpc) is 2.78. The molecule has 0 N–H and O–H groups in total. The molecule has 1 aromatic heterocycles. The number of Topliss-reactive ketones (excluding diaryl/α,β-unsaturated/α-hetero) is 1. The molecule has 0 aliphatic heterocycles. The average molecular weight is 232 g/mol. The predicted octanol–water partition coefficient (Wildman–Crippen LogP) is 3.18. The van der Waals surface area contributed by atoms with Crippen molar-refractivity contribution in [2.45, 2.75) is 6.42 Å². The van der Waals surface area contributed by atoms with E-state index in [1.807, 2.05) is 41.8 Å². The van der Waals surface area contributed by atoms with Gasteiger partial charge in [-0.15, -0.1) is 11.3 Å². The smallest absolute Gasteiger partial charge is 0.180 e. The molecule has 82 valence electrons. The number of rotatable bonds is 4. The molecule has 0 saturated heterocycles. The van der Waals surface area contributed by atoms with Crippen molar-refractivity contribution in [2.24, 2.45) is 0 Å². The van der Waals surface area contributed by atoms with Gasteiger partial charge < -0.3 is 4.74 Å². The van der Waals surface area contributed by atoms with Gasteiger partial charge in [0.15, 0.2) is 5.78 Å². The summed E-state index contributed by atoms with van der Waals surface area (Å²) in [4.78, 5) is 12.7. The molecule has 0 unspecified atom stereocenters. The number of carbonyl (C=O) groups is 1. The SMILES string of the molecule is COc1ccsc1C(=O)Cc1ccccc1. The second-order valence-corrected chi connectivity index (χ2v) is 4.32. The van der Waals surface area contributed by atoms with Crippen LogP contribution in [0.1, 0.15) is 15.2 Å². The third-order valence-corrected chi connectivity index (χ3v) is 3.25. The molecule has 0 fully saturated rings. The molecule has 16 heavy (non-hydrogen) atoms. The molecule has 0 atom stereocenters. The highest BCUT2D eigenvalue weighted by Gasteiger charge is 2.13. The fourth-order valence-electron chi connectivity index (χ4n) is 1.52. The number of carbonyl (C=O) groups excluding carboxylic acids is 1. The van der Waals surface area contributed by atoms with Crippen LogP contribution in [0.4, 0.5) is 0 Å². The molecule has 0 aliphatic rings. The van der Waals surface area contributed by atoms with Gasteiger partial charge in [-0.05, 0) is 17.0 Å². The van der Waals surface area contributed by atoms with Gasteiger partial charge >= 0.3 is 0 Å². The molecule has 0 spiro atoms. The predicted molar refractivity (Wildman–Crippen MR) is 65.3 cm³/mol. The van der Waals surface area contributed by atoms with Crippen molar-refractivity contribution in [3.05, 3.63) is 52.2 Å². The number of methoxy groups -OCH3 is 1. The van der Waals surface area contributed by atoms with Crippen molar-refractivity contribution in [3.8, 4) is 5.75 Å². The highest BCUT2D eigenvalue weighted by molar-refractivity contribution is 7.12.